The Kier molecular flexibility index (Phi) is 4.28. The summed E-state index contributed by atoms with van der Waals surface area (Å²) in [5.41, 5.74) is 0. The van der Waals surface area contributed by atoms with E-state index in [-0.39, 0.29) is 5.91 Å². The van der Waals surface area contributed by atoms with Gasteiger partial charge in [-0.15, -0.1) is 0 Å². The quantitative estimate of drug-likeness (QED) is 0.816. The molecular weight excluding hydrogens is 262 g/mol. The maximum Gasteiger partial charge on any atom is 0.233 e. The molecule has 1 saturated heterocycles. The smallest absolute Gasteiger partial charge is 0.233 e. The Morgan fingerprint density at radius 1 is 1.37 bits per heavy atom. The van der Waals surface area contributed by atoms with Crippen molar-refractivity contribution in [2.45, 2.75) is 37.8 Å². The fourth-order valence-corrected chi connectivity index (χ4v) is 3.78. The van der Waals surface area contributed by atoms with Crippen molar-refractivity contribution in [3.63, 3.8) is 0 Å². The van der Waals surface area contributed by atoms with Crippen LogP contribution >= 0.6 is 11.8 Å². The second-order valence-corrected chi connectivity index (χ2v) is 6.28. The zero-order valence-electron chi connectivity index (χ0n) is 11.1. The number of hydrogen-bond donors (Lipinski definition) is 1. The van der Waals surface area contributed by atoms with Crippen molar-refractivity contribution in [1.82, 2.24) is 10.2 Å². The summed E-state index contributed by atoms with van der Waals surface area (Å²) in [5, 5.41) is 4.44. The first kappa shape index (κ1) is 13.2. The summed E-state index contributed by atoms with van der Waals surface area (Å²) in [6.45, 7) is 2.79. The molecule has 3 aliphatic rings. The van der Waals surface area contributed by atoms with E-state index in [1.54, 1.807) is 11.8 Å². The van der Waals surface area contributed by atoms with E-state index in [1.807, 2.05) is 4.90 Å². The van der Waals surface area contributed by atoms with E-state index >= 15 is 0 Å². The summed E-state index contributed by atoms with van der Waals surface area (Å²) in [7, 11) is 0. The molecule has 5 nitrogen and oxygen atoms in total. The van der Waals surface area contributed by atoms with Gasteiger partial charge >= 0.3 is 0 Å². The fourth-order valence-electron chi connectivity index (χ4n) is 2.89. The Labute approximate surface area is 118 Å². The van der Waals surface area contributed by atoms with Crippen molar-refractivity contribution in [3.05, 3.63) is 0 Å². The van der Waals surface area contributed by atoms with Crippen molar-refractivity contribution >= 4 is 22.8 Å². The minimum atomic E-state index is 0.202. The number of fused-ring (bicyclic) bond motifs is 1. The molecule has 0 aromatic rings. The van der Waals surface area contributed by atoms with Gasteiger partial charge in [0.2, 0.25) is 5.91 Å². The van der Waals surface area contributed by atoms with E-state index in [0.29, 0.717) is 31.1 Å². The topological polar surface area (TPSA) is 53.9 Å². The van der Waals surface area contributed by atoms with E-state index in [9.17, 15) is 4.79 Å². The van der Waals surface area contributed by atoms with Crippen LogP contribution in [-0.2, 0) is 9.53 Å². The van der Waals surface area contributed by atoms with Gasteiger partial charge in [-0.05, 0) is 12.8 Å². The number of thioether (sulfide) groups is 1. The molecule has 0 unspecified atom stereocenters. The van der Waals surface area contributed by atoms with Gasteiger partial charge in [-0.1, -0.05) is 24.6 Å². The molecule has 0 aromatic heterocycles. The van der Waals surface area contributed by atoms with Gasteiger partial charge in [0, 0.05) is 13.1 Å². The Balaban J connectivity index is 1.45. The largest absolute Gasteiger partial charge is 0.378 e. The summed E-state index contributed by atoms with van der Waals surface area (Å²) < 4.78 is 5.26. The van der Waals surface area contributed by atoms with Crippen LogP contribution in [0.5, 0.6) is 0 Å². The number of carbonyl (C=O) groups excluding carboxylic acids is 1. The second kappa shape index (κ2) is 6.13. The predicted octanol–water partition coefficient (Wildman–Crippen LogP) is 0.849. The van der Waals surface area contributed by atoms with Crippen molar-refractivity contribution in [2.75, 3.05) is 32.1 Å². The number of aliphatic imine (C=N–C) groups is 1. The van der Waals surface area contributed by atoms with Gasteiger partial charge in [0.25, 0.3) is 0 Å². The highest BCUT2D eigenvalue weighted by Crippen LogP contribution is 2.27. The molecule has 0 radical (unpaired) electrons. The van der Waals surface area contributed by atoms with Gasteiger partial charge in [0.1, 0.15) is 0 Å². The van der Waals surface area contributed by atoms with Crippen LogP contribution < -0.4 is 5.32 Å². The third-order valence-corrected chi connectivity index (χ3v) is 4.91. The normalized spacial score (nSPS) is 30.5. The van der Waals surface area contributed by atoms with Gasteiger partial charge in [0.15, 0.2) is 5.17 Å². The summed E-state index contributed by atoms with van der Waals surface area (Å²) in [5.74, 6) is 0.693. The van der Waals surface area contributed by atoms with Crippen LogP contribution in [-0.4, -0.2) is 60.1 Å². The molecule has 2 fully saturated rings. The lowest BCUT2D eigenvalue weighted by Crippen LogP contribution is -2.42. The van der Waals surface area contributed by atoms with E-state index in [4.69, 9.17) is 9.73 Å². The van der Waals surface area contributed by atoms with Gasteiger partial charge in [0.05, 0.1) is 31.1 Å². The Morgan fingerprint density at radius 3 is 2.95 bits per heavy atom. The standard InChI is InChI=1S/C13H21N3O2S/c17-12(16-5-7-18-8-6-16)9-19-13-14-10-3-1-2-4-11(10)15-13/h10-11H,1-9H2,(H,14,15)/t10-,11-/m1/s1. The average molecular weight is 283 g/mol. The molecular formula is C13H21N3O2S. The summed E-state index contributed by atoms with van der Waals surface area (Å²) >= 11 is 1.56. The molecule has 19 heavy (non-hydrogen) atoms. The highest BCUT2D eigenvalue weighted by Gasteiger charge is 2.31. The zero-order valence-corrected chi connectivity index (χ0v) is 12.0. The fraction of sp³-hybridized carbons (Fsp3) is 0.846. The van der Waals surface area contributed by atoms with Gasteiger partial charge < -0.3 is 15.0 Å². The maximum atomic E-state index is 12.0. The van der Waals surface area contributed by atoms with Gasteiger partial charge in [-0.2, -0.15) is 0 Å². The van der Waals surface area contributed by atoms with Crippen LogP contribution in [0.25, 0.3) is 0 Å². The van der Waals surface area contributed by atoms with Crippen LogP contribution in [0.4, 0.5) is 0 Å². The molecule has 1 saturated carbocycles. The minimum Gasteiger partial charge on any atom is -0.378 e. The van der Waals surface area contributed by atoms with Crippen LogP contribution in [0.2, 0.25) is 0 Å². The predicted molar refractivity (Wildman–Crippen MR) is 76.5 cm³/mol. The molecule has 1 amide bonds. The third kappa shape index (κ3) is 3.23. The molecule has 0 aromatic carbocycles. The van der Waals surface area contributed by atoms with Crippen LogP contribution in [0.1, 0.15) is 25.7 Å². The Bertz CT molecular complexity index is 369. The number of amidine groups is 1. The van der Waals surface area contributed by atoms with E-state index < -0.39 is 0 Å². The Hall–Kier alpha value is -0.750. The molecule has 0 bridgehead atoms. The molecule has 1 N–H and O–H groups in total. The molecule has 2 aliphatic heterocycles. The zero-order chi connectivity index (χ0) is 13.1. The first-order chi connectivity index (χ1) is 9.33. The van der Waals surface area contributed by atoms with Gasteiger partial charge in [-0.3, -0.25) is 9.79 Å². The van der Waals surface area contributed by atoms with Crippen molar-refractivity contribution < 1.29 is 9.53 Å². The highest BCUT2D eigenvalue weighted by molar-refractivity contribution is 8.14. The molecule has 1 aliphatic carbocycles. The van der Waals surface area contributed by atoms with Crippen LogP contribution in [0, 0.1) is 0 Å². The molecule has 3 rings (SSSR count). The second-order valence-electron chi connectivity index (χ2n) is 5.32. The van der Waals surface area contributed by atoms with E-state index in [0.717, 1.165) is 18.3 Å². The van der Waals surface area contributed by atoms with Gasteiger partial charge in [-0.25, -0.2) is 0 Å². The maximum absolute atomic E-state index is 12.0. The number of morpholine rings is 1. The number of ether oxygens (including phenoxy) is 1. The van der Waals surface area contributed by atoms with Crippen molar-refractivity contribution in [2.24, 2.45) is 4.99 Å². The number of nitrogens with one attached hydrogen (secondary N) is 1. The molecule has 0 spiro atoms. The monoisotopic (exact) mass is 283 g/mol. The number of nitrogens with zero attached hydrogens (tertiary/aromatic N) is 2. The number of amides is 1. The molecule has 2 heterocycles. The first-order valence-electron chi connectivity index (χ1n) is 7.15. The van der Waals surface area contributed by atoms with Crippen molar-refractivity contribution in [1.29, 1.82) is 0 Å². The van der Waals surface area contributed by atoms with Crippen molar-refractivity contribution in [3.8, 4) is 0 Å². The van der Waals surface area contributed by atoms with Crippen LogP contribution in [0.3, 0.4) is 0 Å². The summed E-state index contributed by atoms with van der Waals surface area (Å²) in [6.07, 6.45) is 5.00. The Morgan fingerprint density at radius 2 is 2.16 bits per heavy atom. The van der Waals surface area contributed by atoms with E-state index in [2.05, 4.69) is 5.32 Å². The number of hydrogen-bond acceptors (Lipinski definition) is 5. The minimum absolute atomic E-state index is 0.202. The first-order valence-corrected chi connectivity index (χ1v) is 8.14. The highest BCUT2D eigenvalue weighted by atomic mass is 32.2. The molecule has 6 heteroatoms. The average Bonchev–Trinajstić information content (AvgIpc) is 2.88. The number of rotatable bonds is 2. The van der Waals surface area contributed by atoms with Crippen LogP contribution in [0.15, 0.2) is 4.99 Å². The van der Waals surface area contributed by atoms with E-state index in [1.165, 1.54) is 25.7 Å². The molecule has 2 atom stereocenters. The lowest BCUT2D eigenvalue weighted by Gasteiger charge is -2.26. The molecule has 106 valence electrons. The third-order valence-electron chi connectivity index (χ3n) is 4.02. The SMILES string of the molecule is O=C(CSC1=N[C@@H]2CCCC[C@H]2N1)N1CCOCC1. The number of carbonyl (C=O) groups is 1. The lowest BCUT2D eigenvalue weighted by molar-refractivity contribution is -0.132. The summed E-state index contributed by atoms with van der Waals surface area (Å²) in [6, 6.07) is 0.976. The lowest BCUT2D eigenvalue weighted by atomic mass is 9.92. The summed E-state index contributed by atoms with van der Waals surface area (Å²) in [4.78, 5) is 18.6.